The van der Waals surface area contributed by atoms with E-state index in [-0.39, 0.29) is 5.82 Å². The SMILES string of the molecule is COc1ccc(CNCCNCCc2ccc(F)cc2)cc1OC. The summed E-state index contributed by atoms with van der Waals surface area (Å²) in [5.41, 5.74) is 2.29. The van der Waals surface area contributed by atoms with Gasteiger partial charge >= 0.3 is 0 Å². The van der Waals surface area contributed by atoms with Crippen molar-refractivity contribution in [3.63, 3.8) is 0 Å². The molecule has 24 heavy (non-hydrogen) atoms. The monoisotopic (exact) mass is 332 g/mol. The molecule has 5 heteroatoms. The van der Waals surface area contributed by atoms with Crippen LogP contribution in [0.5, 0.6) is 11.5 Å². The van der Waals surface area contributed by atoms with Gasteiger partial charge in [0, 0.05) is 19.6 Å². The fourth-order valence-electron chi connectivity index (χ4n) is 2.41. The summed E-state index contributed by atoms with van der Waals surface area (Å²) >= 11 is 0. The molecule has 0 fully saturated rings. The summed E-state index contributed by atoms with van der Waals surface area (Å²) in [5.74, 6) is 1.30. The minimum Gasteiger partial charge on any atom is -0.493 e. The molecular formula is C19H25FN2O2. The van der Waals surface area contributed by atoms with Crippen LogP contribution in [-0.2, 0) is 13.0 Å². The molecule has 0 saturated heterocycles. The minimum absolute atomic E-state index is 0.189. The van der Waals surface area contributed by atoms with Crippen molar-refractivity contribution in [3.8, 4) is 11.5 Å². The molecule has 2 rings (SSSR count). The molecule has 130 valence electrons. The van der Waals surface area contributed by atoms with E-state index in [2.05, 4.69) is 10.6 Å². The Kier molecular flexibility index (Phi) is 7.52. The van der Waals surface area contributed by atoms with E-state index in [0.717, 1.165) is 55.2 Å². The average Bonchev–Trinajstić information content (AvgIpc) is 2.62. The molecule has 2 aromatic rings. The predicted octanol–water partition coefficient (Wildman–Crippen LogP) is 2.76. The van der Waals surface area contributed by atoms with Gasteiger partial charge in [-0.25, -0.2) is 4.39 Å². The molecule has 0 spiro atoms. The van der Waals surface area contributed by atoms with E-state index in [1.54, 1.807) is 14.2 Å². The highest BCUT2D eigenvalue weighted by Crippen LogP contribution is 2.27. The first-order valence-electron chi connectivity index (χ1n) is 8.09. The first kappa shape index (κ1) is 18.2. The lowest BCUT2D eigenvalue weighted by molar-refractivity contribution is 0.354. The Bertz CT molecular complexity index is 617. The predicted molar refractivity (Wildman–Crippen MR) is 94.2 cm³/mol. The molecule has 0 aliphatic rings. The number of methoxy groups -OCH3 is 2. The van der Waals surface area contributed by atoms with Gasteiger partial charge in [0.15, 0.2) is 11.5 Å². The van der Waals surface area contributed by atoms with Gasteiger partial charge in [-0.1, -0.05) is 18.2 Å². The van der Waals surface area contributed by atoms with Gasteiger partial charge < -0.3 is 20.1 Å². The van der Waals surface area contributed by atoms with Gasteiger partial charge in [-0.3, -0.25) is 0 Å². The molecule has 0 aliphatic carbocycles. The van der Waals surface area contributed by atoms with Gasteiger partial charge in [0.05, 0.1) is 14.2 Å². The molecular weight excluding hydrogens is 307 g/mol. The second-order valence-electron chi connectivity index (χ2n) is 5.49. The topological polar surface area (TPSA) is 42.5 Å². The lowest BCUT2D eigenvalue weighted by Gasteiger charge is -2.10. The molecule has 0 radical (unpaired) electrons. The zero-order valence-electron chi connectivity index (χ0n) is 14.3. The Labute approximate surface area is 143 Å². The van der Waals surface area contributed by atoms with Crippen LogP contribution in [0.25, 0.3) is 0 Å². The van der Waals surface area contributed by atoms with Crippen molar-refractivity contribution in [1.82, 2.24) is 10.6 Å². The molecule has 0 unspecified atom stereocenters. The van der Waals surface area contributed by atoms with Crippen LogP contribution in [-0.4, -0.2) is 33.9 Å². The van der Waals surface area contributed by atoms with Gasteiger partial charge in [0.1, 0.15) is 5.82 Å². The van der Waals surface area contributed by atoms with E-state index in [9.17, 15) is 4.39 Å². The number of nitrogens with one attached hydrogen (secondary N) is 2. The molecule has 2 N–H and O–H groups in total. The van der Waals surface area contributed by atoms with Crippen molar-refractivity contribution < 1.29 is 13.9 Å². The minimum atomic E-state index is -0.189. The van der Waals surface area contributed by atoms with Crippen molar-refractivity contribution in [2.45, 2.75) is 13.0 Å². The van der Waals surface area contributed by atoms with Gasteiger partial charge in [-0.2, -0.15) is 0 Å². The summed E-state index contributed by atoms with van der Waals surface area (Å²) in [6.07, 6.45) is 0.899. The molecule has 4 nitrogen and oxygen atoms in total. The van der Waals surface area contributed by atoms with Crippen molar-refractivity contribution in [2.75, 3.05) is 33.9 Å². The van der Waals surface area contributed by atoms with E-state index in [4.69, 9.17) is 9.47 Å². The van der Waals surface area contributed by atoms with Crippen LogP contribution in [0.2, 0.25) is 0 Å². The first-order valence-corrected chi connectivity index (χ1v) is 8.09. The number of hydrogen-bond donors (Lipinski definition) is 2. The summed E-state index contributed by atoms with van der Waals surface area (Å²) in [5, 5.41) is 6.76. The standard InChI is InChI=1S/C19H25FN2O2/c1-23-18-8-5-16(13-19(18)24-2)14-22-12-11-21-10-9-15-3-6-17(20)7-4-15/h3-8,13,21-22H,9-12,14H2,1-2H3. The molecule has 0 atom stereocenters. The summed E-state index contributed by atoms with van der Waals surface area (Å²) in [6.45, 7) is 3.41. The van der Waals surface area contributed by atoms with Crippen molar-refractivity contribution in [2.24, 2.45) is 0 Å². The van der Waals surface area contributed by atoms with Crippen LogP contribution in [0.4, 0.5) is 4.39 Å². The Morgan fingerprint density at radius 1 is 0.792 bits per heavy atom. The quantitative estimate of drug-likeness (QED) is 0.657. The van der Waals surface area contributed by atoms with Crippen molar-refractivity contribution >= 4 is 0 Å². The number of benzene rings is 2. The third-order valence-corrected chi connectivity index (χ3v) is 3.76. The van der Waals surface area contributed by atoms with Gasteiger partial charge in [-0.15, -0.1) is 0 Å². The van der Waals surface area contributed by atoms with E-state index in [0.29, 0.717) is 0 Å². The molecule has 0 heterocycles. The fourth-order valence-corrected chi connectivity index (χ4v) is 2.41. The van der Waals surface area contributed by atoms with E-state index in [1.165, 1.54) is 12.1 Å². The third-order valence-electron chi connectivity index (χ3n) is 3.76. The van der Waals surface area contributed by atoms with Crippen molar-refractivity contribution in [1.29, 1.82) is 0 Å². The van der Waals surface area contributed by atoms with Gasteiger partial charge in [0.25, 0.3) is 0 Å². The average molecular weight is 332 g/mol. The summed E-state index contributed by atoms with van der Waals surface area (Å²) in [7, 11) is 3.27. The second-order valence-corrected chi connectivity index (χ2v) is 5.49. The van der Waals surface area contributed by atoms with Crippen molar-refractivity contribution in [3.05, 3.63) is 59.4 Å². The van der Waals surface area contributed by atoms with Gasteiger partial charge in [0.2, 0.25) is 0 Å². The first-order chi connectivity index (χ1) is 11.7. The molecule has 0 aliphatic heterocycles. The van der Waals surface area contributed by atoms with E-state index < -0.39 is 0 Å². The molecule has 2 aromatic carbocycles. The number of hydrogen-bond acceptors (Lipinski definition) is 4. The Balaban J connectivity index is 1.60. The lowest BCUT2D eigenvalue weighted by atomic mass is 10.1. The van der Waals surface area contributed by atoms with E-state index >= 15 is 0 Å². The van der Waals surface area contributed by atoms with Gasteiger partial charge in [-0.05, 0) is 48.4 Å². The highest BCUT2D eigenvalue weighted by atomic mass is 19.1. The highest BCUT2D eigenvalue weighted by Gasteiger charge is 2.04. The third kappa shape index (κ3) is 5.83. The highest BCUT2D eigenvalue weighted by molar-refractivity contribution is 5.42. The normalized spacial score (nSPS) is 10.6. The van der Waals surface area contributed by atoms with Crippen LogP contribution in [0, 0.1) is 5.82 Å². The maximum atomic E-state index is 12.8. The lowest BCUT2D eigenvalue weighted by Crippen LogP contribution is -2.28. The summed E-state index contributed by atoms with van der Waals surface area (Å²) in [6, 6.07) is 12.6. The smallest absolute Gasteiger partial charge is 0.161 e. The maximum Gasteiger partial charge on any atom is 0.161 e. The number of ether oxygens (including phenoxy) is 2. The number of rotatable bonds is 10. The zero-order chi connectivity index (χ0) is 17.2. The Morgan fingerprint density at radius 3 is 2.17 bits per heavy atom. The fraction of sp³-hybridized carbons (Fsp3) is 0.368. The largest absolute Gasteiger partial charge is 0.493 e. The van der Waals surface area contributed by atoms with Crippen LogP contribution in [0.3, 0.4) is 0 Å². The Morgan fingerprint density at radius 2 is 1.46 bits per heavy atom. The maximum absolute atomic E-state index is 12.8. The second kappa shape index (κ2) is 9.90. The van der Waals surface area contributed by atoms with Crippen LogP contribution >= 0.6 is 0 Å². The Hall–Kier alpha value is -2.11. The van der Waals surface area contributed by atoms with E-state index in [1.807, 2.05) is 30.3 Å². The zero-order valence-corrected chi connectivity index (χ0v) is 14.3. The number of halogens is 1. The molecule has 0 amide bonds. The van der Waals surface area contributed by atoms with Crippen LogP contribution in [0.1, 0.15) is 11.1 Å². The molecule has 0 aromatic heterocycles. The summed E-state index contributed by atoms with van der Waals surface area (Å²) in [4.78, 5) is 0. The van der Waals surface area contributed by atoms with Crippen LogP contribution < -0.4 is 20.1 Å². The summed E-state index contributed by atoms with van der Waals surface area (Å²) < 4.78 is 23.3. The van der Waals surface area contributed by atoms with Crippen LogP contribution in [0.15, 0.2) is 42.5 Å². The molecule has 0 bridgehead atoms. The molecule has 0 saturated carbocycles.